The van der Waals surface area contributed by atoms with Crippen molar-refractivity contribution in [1.82, 2.24) is 20.6 Å². The molecule has 4 heterocycles. The van der Waals surface area contributed by atoms with Crippen molar-refractivity contribution >= 4 is 23.3 Å². The average Bonchev–Trinajstić information content (AvgIpc) is 3.36. The maximum absolute atomic E-state index is 11.7. The van der Waals surface area contributed by atoms with Crippen LogP contribution in [0.5, 0.6) is 0 Å². The van der Waals surface area contributed by atoms with E-state index in [1.807, 2.05) is 30.5 Å². The van der Waals surface area contributed by atoms with Crippen molar-refractivity contribution in [2.45, 2.75) is 31.2 Å². The van der Waals surface area contributed by atoms with Crippen molar-refractivity contribution in [3.05, 3.63) is 29.8 Å². The van der Waals surface area contributed by atoms with Crippen LogP contribution in [0.4, 0.5) is 10.7 Å². The molecule has 0 saturated carbocycles. The fraction of sp³-hybridized carbons (Fsp3) is 0.471. The number of aromatic nitrogens is 2. The van der Waals surface area contributed by atoms with E-state index in [2.05, 4.69) is 25.9 Å². The molecule has 2 aromatic heterocycles. The molecule has 0 aliphatic carbocycles. The molecule has 3 N–H and O–H groups in total. The molecular formula is C17H21N5O3S. The van der Waals surface area contributed by atoms with Gasteiger partial charge in [-0.3, -0.25) is 0 Å². The number of urea groups is 1. The predicted molar refractivity (Wildman–Crippen MR) is 98.2 cm³/mol. The smallest absolute Gasteiger partial charge is 0.315 e. The molecule has 8 nitrogen and oxygen atoms in total. The first-order valence-corrected chi connectivity index (χ1v) is 9.53. The van der Waals surface area contributed by atoms with Crippen LogP contribution >= 0.6 is 11.3 Å². The minimum absolute atomic E-state index is 0.0559. The third-order valence-corrected chi connectivity index (χ3v) is 5.34. The zero-order chi connectivity index (χ0) is 17.9. The van der Waals surface area contributed by atoms with E-state index in [9.17, 15) is 4.79 Å². The lowest BCUT2D eigenvalue weighted by atomic mass is 10.1. The number of nitrogens with zero attached hydrogens (tertiary/aromatic N) is 2. The summed E-state index contributed by atoms with van der Waals surface area (Å²) in [5.41, 5.74) is 0.885. The largest absolute Gasteiger partial charge is 0.371 e. The fourth-order valence-corrected chi connectivity index (χ4v) is 3.98. The summed E-state index contributed by atoms with van der Waals surface area (Å²) in [7, 11) is 0. The van der Waals surface area contributed by atoms with Crippen molar-refractivity contribution in [3.63, 3.8) is 0 Å². The lowest BCUT2D eigenvalue weighted by Crippen LogP contribution is -2.48. The number of hydrogen-bond acceptors (Lipinski definition) is 7. The van der Waals surface area contributed by atoms with Gasteiger partial charge in [0.2, 0.25) is 5.95 Å². The van der Waals surface area contributed by atoms with Gasteiger partial charge in [0.25, 0.3) is 0 Å². The molecule has 2 saturated heterocycles. The molecule has 4 atom stereocenters. The summed E-state index contributed by atoms with van der Waals surface area (Å²) < 4.78 is 11.7. The van der Waals surface area contributed by atoms with Gasteiger partial charge < -0.3 is 25.4 Å². The van der Waals surface area contributed by atoms with Crippen LogP contribution in [0.2, 0.25) is 0 Å². The zero-order valence-electron chi connectivity index (χ0n) is 14.3. The summed E-state index contributed by atoms with van der Waals surface area (Å²) in [6.07, 6.45) is 1.43. The molecular weight excluding hydrogens is 354 g/mol. The molecule has 2 aromatic rings. The van der Waals surface area contributed by atoms with E-state index in [1.165, 1.54) is 0 Å². The van der Waals surface area contributed by atoms with E-state index in [0.29, 0.717) is 25.7 Å². The normalized spacial score (nSPS) is 27.1. The van der Waals surface area contributed by atoms with Gasteiger partial charge in [-0.05, 0) is 24.4 Å². The van der Waals surface area contributed by atoms with Crippen molar-refractivity contribution in [2.75, 3.05) is 25.1 Å². The Labute approximate surface area is 155 Å². The number of amides is 2. The molecule has 0 spiro atoms. The van der Waals surface area contributed by atoms with E-state index < -0.39 is 0 Å². The maximum Gasteiger partial charge on any atom is 0.315 e. The summed E-state index contributed by atoms with van der Waals surface area (Å²) in [5, 5.41) is 11.0. The molecule has 4 rings (SSSR count). The minimum atomic E-state index is -0.200. The summed E-state index contributed by atoms with van der Waals surface area (Å²) in [4.78, 5) is 21.7. The van der Waals surface area contributed by atoms with Gasteiger partial charge in [0, 0.05) is 12.7 Å². The summed E-state index contributed by atoms with van der Waals surface area (Å²) in [6, 6.07) is 5.51. The fourth-order valence-electron chi connectivity index (χ4n) is 3.28. The molecule has 26 heavy (non-hydrogen) atoms. The molecule has 2 aliphatic rings. The molecule has 2 amide bonds. The standard InChI is InChI=1S/C17H21N5O3S/c1-2-18-17(23)22-12-9-25-14-11(8-24-15(12)14)21-16-19-6-5-10(20-16)13-4-3-7-26-13/h3-7,11-12,14-15H,2,8-9H2,1H3,(H2,18,22,23)(H,19,20,21)/t11-,12+,14-,15+/m0/s1. The number of fused-ring (bicyclic) bond motifs is 1. The van der Waals surface area contributed by atoms with Crippen LogP contribution in [0.3, 0.4) is 0 Å². The SMILES string of the molecule is CCNC(=O)N[C@@H]1CO[C@@H]2[C@@H]1OC[C@@H]2Nc1nccc(-c2cccs2)n1. The van der Waals surface area contributed by atoms with Crippen LogP contribution in [0.25, 0.3) is 10.6 Å². The molecule has 0 aromatic carbocycles. The van der Waals surface area contributed by atoms with Crippen molar-refractivity contribution in [2.24, 2.45) is 0 Å². The van der Waals surface area contributed by atoms with Crippen LogP contribution in [-0.4, -0.2) is 60.0 Å². The van der Waals surface area contributed by atoms with Gasteiger partial charge in [0.1, 0.15) is 12.2 Å². The van der Waals surface area contributed by atoms with Crippen molar-refractivity contribution < 1.29 is 14.3 Å². The Balaban J connectivity index is 1.40. The number of hydrogen-bond donors (Lipinski definition) is 3. The molecule has 0 bridgehead atoms. The molecule has 0 unspecified atom stereocenters. The van der Waals surface area contributed by atoms with E-state index in [-0.39, 0.29) is 30.3 Å². The Kier molecular flexibility index (Phi) is 5.00. The molecule has 2 aliphatic heterocycles. The summed E-state index contributed by atoms with van der Waals surface area (Å²) >= 11 is 1.64. The quantitative estimate of drug-likeness (QED) is 0.732. The Morgan fingerprint density at radius 2 is 2.08 bits per heavy atom. The van der Waals surface area contributed by atoms with Gasteiger partial charge in [-0.25, -0.2) is 14.8 Å². The van der Waals surface area contributed by atoms with Crippen LogP contribution in [0.15, 0.2) is 29.8 Å². The second-order valence-electron chi connectivity index (χ2n) is 6.20. The van der Waals surface area contributed by atoms with Crippen LogP contribution < -0.4 is 16.0 Å². The van der Waals surface area contributed by atoms with Crippen molar-refractivity contribution in [1.29, 1.82) is 0 Å². The number of carbonyl (C=O) groups is 1. The van der Waals surface area contributed by atoms with Crippen molar-refractivity contribution in [3.8, 4) is 10.6 Å². The van der Waals surface area contributed by atoms with Gasteiger partial charge in [-0.1, -0.05) is 6.07 Å². The number of ether oxygens (including phenoxy) is 2. The first kappa shape index (κ1) is 17.2. The van der Waals surface area contributed by atoms with Gasteiger partial charge in [0.05, 0.1) is 35.9 Å². The average molecular weight is 375 g/mol. The first-order chi connectivity index (χ1) is 12.7. The highest BCUT2D eigenvalue weighted by Crippen LogP contribution is 2.29. The topological polar surface area (TPSA) is 97.4 Å². The Bertz CT molecular complexity index is 757. The lowest BCUT2D eigenvalue weighted by molar-refractivity contribution is 0.0682. The second kappa shape index (κ2) is 7.56. The number of rotatable bonds is 5. The molecule has 9 heteroatoms. The second-order valence-corrected chi connectivity index (χ2v) is 7.15. The molecule has 2 fully saturated rings. The minimum Gasteiger partial charge on any atom is -0.371 e. The van der Waals surface area contributed by atoms with E-state index in [4.69, 9.17) is 9.47 Å². The van der Waals surface area contributed by atoms with Gasteiger partial charge in [-0.2, -0.15) is 0 Å². The highest BCUT2D eigenvalue weighted by molar-refractivity contribution is 7.13. The maximum atomic E-state index is 11.7. The molecule has 0 radical (unpaired) electrons. The number of carbonyl (C=O) groups excluding carboxylic acids is 1. The zero-order valence-corrected chi connectivity index (χ0v) is 15.2. The monoisotopic (exact) mass is 375 g/mol. The highest BCUT2D eigenvalue weighted by atomic mass is 32.1. The Morgan fingerprint density at radius 1 is 1.27 bits per heavy atom. The third-order valence-electron chi connectivity index (χ3n) is 4.45. The number of thiophene rings is 1. The Hall–Kier alpha value is -2.23. The van der Waals surface area contributed by atoms with Crippen LogP contribution in [0.1, 0.15) is 6.92 Å². The highest BCUT2D eigenvalue weighted by Gasteiger charge is 2.48. The number of nitrogens with one attached hydrogen (secondary N) is 3. The molecule has 138 valence electrons. The third kappa shape index (κ3) is 3.50. The van der Waals surface area contributed by atoms with Gasteiger partial charge >= 0.3 is 6.03 Å². The first-order valence-electron chi connectivity index (χ1n) is 8.65. The predicted octanol–water partition coefficient (Wildman–Crippen LogP) is 1.47. The van der Waals surface area contributed by atoms with Gasteiger partial charge in [0.15, 0.2) is 0 Å². The van der Waals surface area contributed by atoms with E-state index >= 15 is 0 Å². The van der Waals surface area contributed by atoms with E-state index in [1.54, 1.807) is 17.5 Å². The van der Waals surface area contributed by atoms with Crippen LogP contribution in [-0.2, 0) is 9.47 Å². The van der Waals surface area contributed by atoms with E-state index in [0.717, 1.165) is 10.6 Å². The number of anilines is 1. The van der Waals surface area contributed by atoms with Gasteiger partial charge in [-0.15, -0.1) is 11.3 Å². The summed E-state index contributed by atoms with van der Waals surface area (Å²) in [6.45, 7) is 3.37. The lowest BCUT2D eigenvalue weighted by Gasteiger charge is -2.18. The van der Waals surface area contributed by atoms with Crippen LogP contribution in [0, 0.1) is 0 Å². The summed E-state index contributed by atoms with van der Waals surface area (Å²) in [5.74, 6) is 0.550. The Morgan fingerprint density at radius 3 is 2.85 bits per heavy atom.